The van der Waals surface area contributed by atoms with Gasteiger partial charge in [-0.3, -0.25) is 0 Å². The molecule has 0 radical (unpaired) electrons. The molecule has 1 rings (SSSR count). The van der Waals surface area contributed by atoms with Crippen molar-refractivity contribution in [3.05, 3.63) is 33.4 Å². The Balaban J connectivity index is 3.41. The summed E-state index contributed by atoms with van der Waals surface area (Å²) < 4.78 is 6.32. The first-order valence-corrected chi connectivity index (χ1v) is 7.20. The standard InChI is InChI=1S/C18H29NO/c1-10(2)15(7)18(8,9)20-17-14(6)12(4)11(3)13(5)16(17)19/h19H2,1-9H3. The van der Waals surface area contributed by atoms with E-state index in [2.05, 4.69) is 62.3 Å². The van der Waals surface area contributed by atoms with Crippen molar-refractivity contribution in [3.8, 4) is 5.75 Å². The molecule has 0 saturated heterocycles. The average molecular weight is 275 g/mol. The predicted octanol–water partition coefficient (Wildman–Crippen LogP) is 5.02. The zero-order valence-electron chi connectivity index (χ0n) is 14.5. The van der Waals surface area contributed by atoms with Crippen molar-refractivity contribution < 1.29 is 4.74 Å². The van der Waals surface area contributed by atoms with E-state index in [0.717, 1.165) is 22.6 Å². The zero-order valence-corrected chi connectivity index (χ0v) is 14.5. The fraction of sp³-hybridized carbons (Fsp3) is 0.556. The molecule has 0 spiro atoms. The summed E-state index contributed by atoms with van der Waals surface area (Å²) in [7, 11) is 0. The molecule has 0 aliphatic rings. The van der Waals surface area contributed by atoms with Crippen LogP contribution in [0.15, 0.2) is 11.1 Å². The van der Waals surface area contributed by atoms with Gasteiger partial charge in [-0.1, -0.05) is 5.57 Å². The van der Waals surface area contributed by atoms with Crippen LogP contribution in [0.25, 0.3) is 0 Å². The summed E-state index contributed by atoms with van der Waals surface area (Å²) in [6, 6.07) is 0. The van der Waals surface area contributed by atoms with Crippen LogP contribution in [-0.4, -0.2) is 5.60 Å². The Morgan fingerprint density at radius 3 is 1.75 bits per heavy atom. The number of rotatable bonds is 3. The van der Waals surface area contributed by atoms with Crippen molar-refractivity contribution >= 4 is 5.69 Å². The molecule has 2 N–H and O–H groups in total. The maximum atomic E-state index is 6.32. The van der Waals surface area contributed by atoms with Crippen LogP contribution in [0, 0.1) is 27.7 Å². The Hall–Kier alpha value is -1.44. The quantitative estimate of drug-likeness (QED) is 0.621. The molecule has 0 fully saturated rings. The van der Waals surface area contributed by atoms with Gasteiger partial charge in [-0.2, -0.15) is 0 Å². The van der Waals surface area contributed by atoms with Gasteiger partial charge in [0.05, 0.1) is 5.69 Å². The second-order valence-corrected chi connectivity index (χ2v) is 6.48. The van der Waals surface area contributed by atoms with E-state index in [4.69, 9.17) is 10.5 Å². The minimum atomic E-state index is -0.355. The van der Waals surface area contributed by atoms with Gasteiger partial charge in [0.15, 0.2) is 0 Å². The predicted molar refractivity (Wildman–Crippen MR) is 88.6 cm³/mol. The van der Waals surface area contributed by atoms with Gasteiger partial charge in [0.25, 0.3) is 0 Å². The summed E-state index contributed by atoms with van der Waals surface area (Å²) in [5, 5.41) is 0. The summed E-state index contributed by atoms with van der Waals surface area (Å²) in [4.78, 5) is 0. The Morgan fingerprint density at radius 1 is 0.850 bits per heavy atom. The number of benzene rings is 1. The minimum Gasteiger partial charge on any atom is -0.481 e. The highest BCUT2D eigenvalue weighted by molar-refractivity contribution is 5.67. The molecule has 1 aromatic carbocycles. The van der Waals surface area contributed by atoms with E-state index in [9.17, 15) is 0 Å². The lowest BCUT2D eigenvalue weighted by atomic mass is 9.93. The summed E-state index contributed by atoms with van der Waals surface area (Å²) in [6.45, 7) is 18.9. The van der Waals surface area contributed by atoms with E-state index in [0.29, 0.717) is 0 Å². The van der Waals surface area contributed by atoms with Crippen molar-refractivity contribution in [2.45, 2.75) is 67.9 Å². The number of anilines is 1. The zero-order chi connectivity index (χ0) is 15.8. The molecule has 0 aromatic heterocycles. The molecule has 0 saturated carbocycles. The normalized spacial score (nSPS) is 11.4. The topological polar surface area (TPSA) is 35.2 Å². The van der Waals surface area contributed by atoms with Gasteiger partial charge in [0.1, 0.15) is 11.4 Å². The van der Waals surface area contributed by atoms with E-state index in [-0.39, 0.29) is 5.60 Å². The van der Waals surface area contributed by atoms with Crippen molar-refractivity contribution in [1.82, 2.24) is 0 Å². The lowest BCUT2D eigenvalue weighted by Crippen LogP contribution is -2.31. The molecule has 20 heavy (non-hydrogen) atoms. The van der Waals surface area contributed by atoms with E-state index in [1.54, 1.807) is 0 Å². The molecule has 0 aliphatic heterocycles. The SMILES string of the molecule is CC(C)=C(C)C(C)(C)Oc1c(C)c(C)c(C)c(C)c1N. The maximum absolute atomic E-state index is 6.32. The summed E-state index contributed by atoms with van der Waals surface area (Å²) in [5.74, 6) is 0.830. The monoisotopic (exact) mass is 275 g/mol. The van der Waals surface area contributed by atoms with Crippen LogP contribution in [0.3, 0.4) is 0 Å². The van der Waals surface area contributed by atoms with Crippen LogP contribution in [0.5, 0.6) is 5.75 Å². The molecule has 0 bridgehead atoms. The molecule has 0 unspecified atom stereocenters. The molecule has 0 aliphatic carbocycles. The molecular formula is C18H29NO. The summed E-state index contributed by atoms with van der Waals surface area (Å²) in [6.07, 6.45) is 0. The van der Waals surface area contributed by atoms with Gasteiger partial charge in [0.2, 0.25) is 0 Å². The third-order valence-corrected chi connectivity index (χ3v) is 4.69. The highest BCUT2D eigenvalue weighted by Crippen LogP contribution is 2.38. The van der Waals surface area contributed by atoms with Gasteiger partial charge in [-0.05, 0) is 90.1 Å². The number of hydrogen-bond donors (Lipinski definition) is 1. The maximum Gasteiger partial charge on any atom is 0.146 e. The lowest BCUT2D eigenvalue weighted by molar-refractivity contribution is 0.147. The number of ether oxygens (including phenoxy) is 1. The molecule has 0 atom stereocenters. The third kappa shape index (κ3) is 2.84. The highest BCUT2D eigenvalue weighted by Gasteiger charge is 2.26. The van der Waals surface area contributed by atoms with Crippen LogP contribution >= 0.6 is 0 Å². The van der Waals surface area contributed by atoms with Gasteiger partial charge in [-0.25, -0.2) is 0 Å². The first kappa shape index (κ1) is 16.6. The second-order valence-electron chi connectivity index (χ2n) is 6.48. The highest BCUT2D eigenvalue weighted by atomic mass is 16.5. The van der Waals surface area contributed by atoms with Crippen molar-refractivity contribution in [3.63, 3.8) is 0 Å². The fourth-order valence-corrected chi connectivity index (χ4v) is 2.37. The van der Waals surface area contributed by atoms with Crippen LogP contribution in [0.4, 0.5) is 5.69 Å². The first-order chi connectivity index (χ1) is 9.00. The minimum absolute atomic E-state index is 0.355. The van der Waals surface area contributed by atoms with Gasteiger partial charge >= 0.3 is 0 Å². The Bertz CT molecular complexity index is 532. The summed E-state index contributed by atoms with van der Waals surface area (Å²) >= 11 is 0. The van der Waals surface area contributed by atoms with Crippen molar-refractivity contribution in [2.24, 2.45) is 0 Å². The number of hydrogen-bond acceptors (Lipinski definition) is 2. The van der Waals surface area contributed by atoms with Crippen molar-refractivity contribution in [2.75, 3.05) is 5.73 Å². The summed E-state index contributed by atoms with van der Waals surface area (Å²) in [5.41, 5.74) is 14.0. The van der Waals surface area contributed by atoms with Crippen LogP contribution in [0.2, 0.25) is 0 Å². The van der Waals surface area contributed by atoms with E-state index < -0.39 is 0 Å². The second kappa shape index (κ2) is 5.51. The Morgan fingerprint density at radius 2 is 1.30 bits per heavy atom. The first-order valence-electron chi connectivity index (χ1n) is 7.20. The number of nitrogens with two attached hydrogens (primary N) is 1. The average Bonchev–Trinajstić information content (AvgIpc) is 2.38. The molecule has 0 heterocycles. The van der Waals surface area contributed by atoms with Crippen LogP contribution in [-0.2, 0) is 0 Å². The third-order valence-electron chi connectivity index (χ3n) is 4.69. The largest absolute Gasteiger partial charge is 0.481 e. The molecule has 2 heteroatoms. The van der Waals surface area contributed by atoms with Gasteiger partial charge in [-0.15, -0.1) is 0 Å². The lowest BCUT2D eigenvalue weighted by Gasteiger charge is -2.31. The van der Waals surface area contributed by atoms with E-state index in [1.165, 1.54) is 22.3 Å². The molecule has 0 amide bonds. The van der Waals surface area contributed by atoms with Crippen molar-refractivity contribution in [1.29, 1.82) is 0 Å². The van der Waals surface area contributed by atoms with Crippen LogP contribution in [0.1, 0.15) is 56.9 Å². The fourth-order valence-electron chi connectivity index (χ4n) is 2.37. The van der Waals surface area contributed by atoms with Gasteiger partial charge < -0.3 is 10.5 Å². The molecule has 1 aromatic rings. The number of nitrogen functional groups attached to an aromatic ring is 1. The van der Waals surface area contributed by atoms with Crippen LogP contribution < -0.4 is 10.5 Å². The Kier molecular flexibility index (Phi) is 4.58. The van der Waals surface area contributed by atoms with E-state index in [1.807, 2.05) is 0 Å². The van der Waals surface area contributed by atoms with Gasteiger partial charge in [0, 0.05) is 0 Å². The Labute approximate surface area is 124 Å². The molecule has 112 valence electrons. The molecule has 2 nitrogen and oxygen atoms in total. The molecular weight excluding hydrogens is 246 g/mol. The van der Waals surface area contributed by atoms with E-state index >= 15 is 0 Å². The number of allylic oxidation sites excluding steroid dienone is 1. The smallest absolute Gasteiger partial charge is 0.146 e.